The van der Waals surface area contributed by atoms with Crippen molar-refractivity contribution in [2.24, 2.45) is 5.41 Å². The smallest absolute Gasteiger partial charge is 0.258 e. The predicted octanol–water partition coefficient (Wildman–Crippen LogP) is 3.57. The Hall–Kier alpha value is -1.38. The number of nitro groups is 1. The van der Waals surface area contributed by atoms with Crippen LogP contribution in [0.5, 0.6) is 0 Å². The number of hydrogen-bond donors (Lipinski definition) is 0. The number of benzene rings is 1. The molecule has 0 saturated heterocycles. The Labute approximate surface area is 90.3 Å². The van der Waals surface area contributed by atoms with E-state index >= 15 is 0 Å². The molecule has 82 valence electrons. The molecule has 0 radical (unpaired) electrons. The zero-order valence-corrected chi connectivity index (χ0v) is 9.49. The van der Waals surface area contributed by atoms with Crippen molar-refractivity contribution < 1.29 is 4.92 Å². The van der Waals surface area contributed by atoms with E-state index in [9.17, 15) is 10.1 Å². The maximum atomic E-state index is 10.8. The normalized spacial score (nSPS) is 11.4. The predicted molar refractivity (Wildman–Crippen MR) is 60.9 cm³/mol. The summed E-state index contributed by atoms with van der Waals surface area (Å²) in [5, 5.41) is 10.8. The van der Waals surface area contributed by atoms with Crippen molar-refractivity contribution >= 4 is 5.69 Å². The van der Waals surface area contributed by atoms with E-state index in [1.807, 2.05) is 12.1 Å². The van der Waals surface area contributed by atoms with Crippen LogP contribution in [0.2, 0.25) is 0 Å². The highest BCUT2D eigenvalue weighted by Crippen LogP contribution is 2.29. The third kappa shape index (κ3) is 3.05. The van der Waals surface area contributed by atoms with Gasteiger partial charge >= 0.3 is 0 Å². The molecular weight excluding hydrogens is 190 g/mol. The van der Waals surface area contributed by atoms with E-state index in [0.717, 1.165) is 18.4 Å². The largest absolute Gasteiger partial charge is 0.272 e. The average molecular weight is 207 g/mol. The Balaban J connectivity index is 2.99. The molecule has 0 aliphatic rings. The maximum Gasteiger partial charge on any atom is 0.272 e. The second-order valence-corrected chi connectivity index (χ2v) is 4.58. The Morgan fingerprint density at radius 1 is 1.33 bits per heavy atom. The first-order chi connectivity index (χ1) is 6.96. The lowest BCUT2D eigenvalue weighted by atomic mass is 9.83. The topological polar surface area (TPSA) is 43.1 Å². The Morgan fingerprint density at radius 2 is 1.93 bits per heavy atom. The molecule has 0 saturated carbocycles. The molecule has 0 aliphatic heterocycles. The molecule has 3 nitrogen and oxygen atoms in total. The molecule has 0 atom stereocenters. The minimum absolute atomic E-state index is 0.117. The van der Waals surface area contributed by atoms with Crippen LogP contribution < -0.4 is 0 Å². The highest BCUT2D eigenvalue weighted by Gasteiger charge is 2.21. The van der Waals surface area contributed by atoms with E-state index in [0.29, 0.717) is 0 Å². The molecule has 0 fully saturated rings. The Kier molecular flexibility index (Phi) is 3.45. The maximum absolute atomic E-state index is 10.8. The van der Waals surface area contributed by atoms with Crippen molar-refractivity contribution in [1.29, 1.82) is 0 Å². The van der Waals surface area contributed by atoms with E-state index in [2.05, 4.69) is 20.8 Å². The van der Waals surface area contributed by atoms with E-state index < -0.39 is 0 Å². The number of hydrogen-bond acceptors (Lipinski definition) is 2. The fourth-order valence-electron chi connectivity index (χ4n) is 1.48. The first kappa shape index (κ1) is 11.7. The molecule has 1 aromatic rings. The molecule has 0 N–H and O–H groups in total. The van der Waals surface area contributed by atoms with Crippen molar-refractivity contribution in [2.75, 3.05) is 0 Å². The standard InChI is InChI=1S/C12H17NO2/c1-4-12(2,3)9-10-7-5-6-8-11(10)13(14)15/h5-8H,4,9H2,1-3H3. The SMILES string of the molecule is CCC(C)(C)Cc1ccccc1[N+](=O)[O-]. The van der Waals surface area contributed by atoms with Crippen LogP contribution in [0.4, 0.5) is 5.69 Å². The van der Waals surface area contributed by atoms with Gasteiger partial charge in [-0.05, 0) is 11.8 Å². The van der Waals surface area contributed by atoms with Crippen LogP contribution in [0.3, 0.4) is 0 Å². The van der Waals surface area contributed by atoms with E-state index in [1.54, 1.807) is 12.1 Å². The first-order valence-corrected chi connectivity index (χ1v) is 5.18. The van der Waals surface area contributed by atoms with Crippen LogP contribution >= 0.6 is 0 Å². The molecule has 1 rings (SSSR count). The molecule has 0 bridgehead atoms. The second kappa shape index (κ2) is 4.43. The van der Waals surface area contributed by atoms with Crippen LogP contribution in [-0.4, -0.2) is 4.92 Å². The summed E-state index contributed by atoms with van der Waals surface area (Å²) in [6.07, 6.45) is 1.76. The number of para-hydroxylation sites is 1. The minimum atomic E-state index is -0.304. The molecule has 0 unspecified atom stereocenters. The van der Waals surface area contributed by atoms with Crippen LogP contribution in [0.1, 0.15) is 32.8 Å². The average Bonchev–Trinajstić information content (AvgIpc) is 2.18. The van der Waals surface area contributed by atoms with Gasteiger partial charge in [0, 0.05) is 11.6 Å². The van der Waals surface area contributed by atoms with Gasteiger partial charge in [-0.25, -0.2) is 0 Å². The molecule has 15 heavy (non-hydrogen) atoms. The van der Waals surface area contributed by atoms with Crippen molar-refractivity contribution in [3.05, 3.63) is 39.9 Å². The zero-order chi connectivity index (χ0) is 11.5. The van der Waals surface area contributed by atoms with Gasteiger partial charge in [0.05, 0.1) is 4.92 Å². The van der Waals surface area contributed by atoms with Gasteiger partial charge in [0.1, 0.15) is 0 Å². The summed E-state index contributed by atoms with van der Waals surface area (Å²) in [6, 6.07) is 6.98. The van der Waals surface area contributed by atoms with Gasteiger partial charge in [0.25, 0.3) is 5.69 Å². The van der Waals surface area contributed by atoms with E-state index in [4.69, 9.17) is 0 Å². The summed E-state index contributed by atoms with van der Waals surface area (Å²) in [6.45, 7) is 6.36. The zero-order valence-electron chi connectivity index (χ0n) is 9.49. The Bertz CT molecular complexity index is 358. The van der Waals surface area contributed by atoms with Crippen LogP contribution in [-0.2, 0) is 6.42 Å². The van der Waals surface area contributed by atoms with Crippen molar-refractivity contribution in [1.82, 2.24) is 0 Å². The Morgan fingerprint density at radius 3 is 2.47 bits per heavy atom. The van der Waals surface area contributed by atoms with Gasteiger partial charge in [-0.3, -0.25) is 10.1 Å². The van der Waals surface area contributed by atoms with Gasteiger partial charge in [0.2, 0.25) is 0 Å². The molecule has 0 heterocycles. The van der Waals surface area contributed by atoms with Gasteiger partial charge in [-0.15, -0.1) is 0 Å². The molecule has 0 spiro atoms. The van der Waals surface area contributed by atoms with Crippen molar-refractivity contribution in [3.63, 3.8) is 0 Å². The molecular formula is C12H17NO2. The highest BCUT2D eigenvalue weighted by atomic mass is 16.6. The van der Waals surface area contributed by atoms with Gasteiger partial charge in [-0.2, -0.15) is 0 Å². The van der Waals surface area contributed by atoms with E-state index in [-0.39, 0.29) is 16.0 Å². The highest BCUT2D eigenvalue weighted by molar-refractivity contribution is 5.40. The van der Waals surface area contributed by atoms with Gasteiger partial charge in [-0.1, -0.05) is 45.4 Å². The quantitative estimate of drug-likeness (QED) is 0.559. The van der Waals surface area contributed by atoms with Crippen LogP contribution in [0.25, 0.3) is 0 Å². The molecule has 3 heteroatoms. The van der Waals surface area contributed by atoms with E-state index in [1.165, 1.54) is 0 Å². The van der Waals surface area contributed by atoms with Gasteiger partial charge < -0.3 is 0 Å². The fourth-order valence-corrected chi connectivity index (χ4v) is 1.48. The molecule has 0 aromatic heterocycles. The minimum Gasteiger partial charge on any atom is -0.258 e. The summed E-state index contributed by atoms with van der Waals surface area (Å²) in [5.41, 5.74) is 1.18. The number of nitrogens with zero attached hydrogens (tertiary/aromatic N) is 1. The van der Waals surface area contributed by atoms with Gasteiger partial charge in [0.15, 0.2) is 0 Å². The molecule has 1 aromatic carbocycles. The summed E-state index contributed by atoms with van der Waals surface area (Å²) >= 11 is 0. The van der Waals surface area contributed by atoms with Crippen molar-refractivity contribution in [3.8, 4) is 0 Å². The summed E-state index contributed by atoms with van der Waals surface area (Å²) < 4.78 is 0. The lowest BCUT2D eigenvalue weighted by Gasteiger charge is -2.22. The van der Waals surface area contributed by atoms with Crippen LogP contribution in [0.15, 0.2) is 24.3 Å². The second-order valence-electron chi connectivity index (χ2n) is 4.58. The number of rotatable bonds is 4. The summed E-state index contributed by atoms with van der Waals surface area (Å²) in [4.78, 5) is 10.5. The lowest BCUT2D eigenvalue weighted by Crippen LogP contribution is -2.14. The third-order valence-corrected chi connectivity index (χ3v) is 2.81. The molecule has 0 amide bonds. The molecule has 0 aliphatic carbocycles. The monoisotopic (exact) mass is 207 g/mol. The third-order valence-electron chi connectivity index (χ3n) is 2.81. The lowest BCUT2D eigenvalue weighted by molar-refractivity contribution is -0.385. The van der Waals surface area contributed by atoms with Crippen LogP contribution in [0, 0.1) is 15.5 Å². The summed E-state index contributed by atoms with van der Waals surface area (Å²) in [5.74, 6) is 0. The fraction of sp³-hybridized carbons (Fsp3) is 0.500. The summed E-state index contributed by atoms with van der Waals surface area (Å²) in [7, 11) is 0. The number of nitro benzene ring substituents is 1. The van der Waals surface area contributed by atoms with Crippen molar-refractivity contribution in [2.45, 2.75) is 33.6 Å². The first-order valence-electron chi connectivity index (χ1n) is 5.18.